The van der Waals surface area contributed by atoms with Crippen LogP contribution in [-0.4, -0.2) is 45.2 Å². The van der Waals surface area contributed by atoms with E-state index in [1.54, 1.807) is 18.4 Å². The molecule has 1 aliphatic heterocycles. The highest BCUT2D eigenvalue weighted by Gasteiger charge is 2.27. The van der Waals surface area contributed by atoms with Crippen molar-refractivity contribution in [2.24, 2.45) is 0 Å². The van der Waals surface area contributed by atoms with Gasteiger partial charge in [-0.3, -0.25) is 4.90 Å². The summed E-state index contributed by atoms with van der Waals surface area (Å²) in [5.74, 6) is 0.605. The van der Waals surface area contributed by atoms with Crippen LogP contribution in [0.4, 0.5) is 0 Å². The number of aliphatic hydroxyl groups excluding tert-OH is 1. The van der Waals surface area contributed by atoms with E-state index in [9.17, 15) is 5.11 Å². The summed E-state index contributed by atoms with van der Waals surface area (Å²) >= 11 is 0. The molecule has 1 saturated heterocycles. The molecule has 3 aromatic heterocycles. The van der Waals surface area contributed by atoms with E-state index in [1.165, 1.54) is 0 Å². The van der Waals surface area contributed by atoms with Gasteiger partial charge in [-0.1, -0.05) is 6.07 Å². The highest BCUT2D eigenvalue weighted by Crippen LogP contribution is 2.24. The van der Waals surface area contributed by atoms with Crippen molar-refractivity contribution in [3.63, 3.8) is 0 Å². The number of rotatable bonds is 5. The Morgan fingerprint density at radius 1 is 1.29 bits per heavy atom. The molecule has 3 aromatic rings. The van der Waals surface area contributed by atoms with Crippen LogP contribution in [0.5, 0.6) is 0 Å². The number of imidazole rings is 1. The number of aliphatic hydroxyl groups is 1. The Labute approximate surface area is 140 Å². The maximum atomic E-state index is 10.4. The van der Waals surface area contributed by atoms with Crippen molar-refractivity contribution in [3.05, 3.63) is 60.4 Å². The van der Waals surface area contributed by atoms with E-state index in [-0.39, 0.29) is 6.04 Å². The molecule has 24 heavy (non-hydrogen) atoms. The van der Waals surface area contributed by atoms with Crippen molar-refractivity contribution in [2.45, 2.75) is 25.1 Å². The first-order chi connectivity index (χ1) is 11.8. The first kappa shape index (κ1) is 15.4. The Bertz CT molecular complexity index is 751. The third kappa shape index (κ3) is 3.21. The molecule has 6 heteroatoms. The number of morpholine rings is 1. The Hall–Kier alpha value is -2.15. The first-order valence-corrected chi connectivity index (χ1v) is 8.25. The molecule has 0 saturated carbocycles. The summed E-state index contributed by atoms with van der Waals surface area (Å²) in [7, 11) is 0. The molecule has 0 spiro atoms. The second-order valence-corrected chi connectivity index (χ2v) is 6.16. The van der Waals surface area contributed by atoms with Gasteiger partial charge in [0.2, 0.25) is 0 Å². The van der Waals surface area contributed by atoms with Gasteiger partial charge >= 0.3 is 0 Å². The number of aromatic nitrogens is 2. The molecule has 0 aromatic carbocycles. The number of ether oxygens (including phenoxy) is 1. The molecule has 0 bridgehead atoms. The minimum absolute atomic E-state index is 0.142. The normalized spacial score (nSPS) is 20.5. The monoisotopic (exact) mass is 327 g/mol. The standard InChI is InChI=1S/C18H21N3O3/c22-16(17-4-3-8-24-17)10-15-13-23-9-7-20(15)11-14-12-21-6-2-1-5-18(21)19-14/h1-6,8,12,15-16,22H,7,9-11,13H2. The highest BCUT2D eigenvalue weighted by atomic mass is 16.5. The molecule has 4 heterocycles. The van der Waals surface area contributed by atoms with Crippen molar-refractivity contribution in [1.29, 1.82) is 0 Å². The lowest BCUT2D eigenvalue weighted by molar-refractivity contribution is -0.0327. The minimum atomic E-state index is -0.615. The molecular formula is C18H21N3O3. The molecule has 126 valence electrons. The Morgan fingerprint density at radius 2 is 2.25 bits per heavy atom. The average molecular weight is 327 g/mol. The van der Waals surface area contributed by atoms with Crippen LogP contribution >= 0.6 is 0 Å². The predicted octanol–water partition coefficient (Wildman–Crippen LogP) is 2.25. The molecule has 0 aliphatic carbocycles. The van der Waals surface area contributed by atoms with Gasteiger partial charge in [0, 0.05) is 31.5 Å². The fourth-order valence-corrected chi connectivity index (χ4v) is 3.24. The number of furan rings is 1. The quantitative estimate of drug-likeness (QED) is 0.779. The van der Waals surface area contributed by atoms with Crippen molar-refractivity contribution >= 4 is 5.65 Å². The van der Waals surface area contributed by atoms with Crippen LogP contribution in [0.15, 0.2) is 53.4 Å². The summed E-state index contributed by atoms with van der Waals surface area (Å²) in [5, 5.41) is 10.4. The van der Waals surface area contributed by atoms with Crippen LogP contribution in [0, 0.1) is 0 Å². The van der Waals surface area contributed by atoms with Crippen molar-refractivity contribution in [2.75, 3.05) is 19.8 Å². The second kappa shape index (κ2) is 6.76. The van der Waals surface area contributed by atoms with Crippen molar-refractivity contribution in [1.82, 2.24) is 14.3 Å². The van der Waals surface area contributed by atoms with E-state index >= 15 is 0 Å². The molecule has 0 radical (unpaired) electrons. The molecule has 6 nitrogen and oxygen atoms in total. The maximum absolute atomic E-state index is 10.4. The summed E-state index contributed by atoms with van der Waals surface area (Å²) in [6, 6.07) is 9.73. The summed E-state index contributed by atoms with van der Waals surface area (Å²) < 4.78 is 13.0. The molecule has 1 N–H and O–H groups in total. The lowest BCUT2D eigenvalue weighted by Gasteiger charge is -2.35. The van der Waals surface area contributed by atoms with Crippen LogP contribution < -0.4 is 0 Å². The number of hydrogen-bond acceptors (Lipinski definition) is 5. The Morgan fingerprint density at radius 3 is 3.08 bits per heavy atom. The Balaban J connectivity index is 1.47. The van der Waals surface area contributed by atoms with Gasteiger partial charge < -0.3 is 18.7 Å². The maximum Gasteiger partial charge on any atom is 0.137 e. The number of pyridine rings is 1. The van der Waals surface area contributed by atoms with Gasteiger partial charge in [0.15, 0.2) is 0 Å². The molecular weight excluding hydrogens is 306 g/mol. The zero-order chi connectivity index (χ0) is 16.4. The van der Waals surface area contributed by atoms with Crippen LogP contribution in [0.2, 0.25) is 0 Å². The summed E-state index contributed by atoms with van der Waals surface area (Å²) in [5.41, 5.74) is 1.98. The highest BCUT2D eigenvalue weighted by molar-refractivity contribution is 5.39. The van der Waals surface area contributed by atoms with E-state index in [1.807, 2.05) is 28.8 Å². The number of nitrogens with zero attached hydrogens (tertiary/aromatic N) is 3. The molecule has 2 unspecified atom stereocenters. The molecule has 2 atom stereocenters. The number of fused-ring (bicyclic) bond motifs is 1. The minimum Gasteiger partial charge on any atom is -0.467 e. The van der Waals surface area contributed by atoms with E-state index in [2.05, 4.69) is 16.1 Å². The third-order valence-electron chi connectivity index (χ3n) is 4.50. The van der Waals surface area contributed by atoms with Crippen molar-refractivity contribution in [3.8, 4) is 0 Å². The van der Waals surface area contributed by atoms with E-state index in [0.29, 0.717) is 25.4 Å². The van der Waals surface area contributed by atoms with Gasteiger partial charge in [0.05, 0.1) is 25.2 Å². The third-order valence-corrected chi connectivity index (χ3v) is 4.50. The zero-order valence-electron chi connectivity index (χ0n) is 13.4. The fraction of sp³-hybridized carbons (Fsp3) is 0.389. The van der Waals surface area contributed by atoms with E-state index in [4.69, 9.17) is 9.15 Å². The largest absolute Gasteiger partial charge is 0.467 e. The van der Waals surface area contributed by atoms with E-state index in [0.717, 1.165) is 24.4 Å². The summed E-state index contributed by atoms with van der Waals surface area (Å²) in [6.07, 6.45) is 5.62. The van der Waals surface area contributed by atoms with Crippen molar-refractivity contribution < 1.29 is 14.3 Å². The van der Waals surface area contributed by atoms with Gasteiger partial charge in [-0.15, -0.1) is 0 Å². The van der Waals surface area contributed by atoms with Crippen LogP contribution in [0.1, 0.15) is 24.0 Å². The van der Waals surface area contributed by atoms with Gasteiger partial charge in [0.1, 0.15) is 17.5 Å². The first-order valence-electron chi connectivity index (χ1n) is 8.25. The molecule has 1 fully saturated rings. The topological polar surface area (TPSA) is 63.1 Å². The zero-order valence-corrected chi connectivity index (χ0v) is 13.4. The van der Waals surface area contributed by atoms with E-state index < -0.39 is 6.10 Å². The van der Waals surface area contributed by atoms with Crippen LogP contribution in [0.25, 0.3) is 5.65 Å². The Kier molecular flexibility index (Phi) is 4.34. The average Bonchev–Trinajstić information content (AvgIpc) is 3.25. The van der Waals surface area contributed by atoms with Gasteiger partial charge in [-0.2, -0.15) is 0 Å². The molecule has 1 aliphatic rings. The predicted molar refractivity (Wildman–Crippen MR) is 88.5 cm³/mol. The summed E-state index contributed by atoms with van der Waals surface area (Å²) in [6.45, 7) is 2.91. The second-order valence-electron chi connectivity index (χ2n) is 6.16. The van der Waals surface area contributed by atoms with Crippen LogP contribution in [-0.2, 0) is 11.3 Å². The molecule has 0 amide bonds. The fourth-order valence-electron chi connectivity index (χ4n) is 3.24. The van der Waals surface area contributed by atoms with Gasteiger partial charge in [-0.25, -0.2) is 4.98 Å². The van der Waals surface area contributed by atoms with Gasteiger partial charge in [-0.05, 0) is 30.7 Å². The number of hydrogen-bond donors (Lipinski definition) is 1. The van der Waals surface area contributed by atoms with Crippen LogP contribution in [0.3, 0.4) is 0 Å². The molecule has 4 rings (SSSR count). The SMILES string of the molecule is OC(CC1COCCN1Cc1cn2ccccc2n1)c1ccco1. The lowest BCUT2D eigenvalue weighted by atomic mass is 10.1. The summed E-state index contributed by atoms with van der Waals surface area (Å²) in [4.78, 5) is 7.00. The smallest absolute Gasteiger partial charge is 0.137 e. The lowest BCUT2D eigenvalue weighted by Crippen LogP contribution is -2.45. The van der Waals surface area contributed by atoms with Gasteiger partial charge in [0.25, 0.3) is 0 Å².